The maximum absolute atomic E-state index is 12.3. The maximum Gasteiger partial charge on any atom is 0.262 e. The summed E-state index contributed by atoms with van der Waals surface area (Å²) in [5.41, 5.74) is 2.82. The minimum Gasteiger partial charge on any atom is -0.493 e. The van der Waals surface area contributed by atoms with Gasteiger partial charge in [0.15, 0.2) is 18.1 Å². The van der Waals surface area contributed by atoms with Crippen molar-refractivity contribution in [1.82, 2.24) is 5.32 Å². The Morgan fingerprint density at radius 2 is 1.86 bits per heavy atom. The average molecular weight is 449 g/mol. The van der Waals surface area contributed by atoms with Crippen LogP contribution in [0.5, 0.6) is 11.5 Å². The van der Waals surface area contributed by atoms with Gasteiger partial charge in [0.1, 0.15) is 0 Å². The van der Waals surface area contributed by atoms with Gasteiger partial charge in [-0.2, -0.15) is 0 Å². The van der Waals surface area contributed by atoms with Gasteiger partial charge in [0, 0.05) is 22.3 Å². The summed E-state index contributed by atoms with van der Waals surface area (Å²) in [5, 5.41) is 6.28. The third kappa shape index (κ3) is 6.84. The van der Waals surface area contributed by atoms with E-state index in [0.29, 0.717) is 24.0 Å². The number of nitrogens with one attached hydrogen (secondary N) is 2. The lowest BCUT2D eigenvalue weighted by atomic mass is 10.1. The van der Waals surface area contributed by atoms with Crippen molar-refractivity contribution < 1.29 is 14.3 Å². The van der Waals surface area contributed by atoms with E-state index in [2.05, 4.69) is 40.4 Å². The monoisotopic (exact) mass is 448 g/mol. The zero-order valence-electron chi connectivity index (χ0n) is 17.0. The van der Waals surface area contributed by atoms with Gasteiger partial charge in [0.2, 0.25) is 0 Å². The van der Waals surface area contributed by atoms with E-state index in [1.165, 1.54) is 0 Å². The van der Waals surface area contributed by atoms with Gasteiger partial charge in [-0.3, -0.25) is 4.79 Å². The predicted molar refractivity (Wildman–Crippen MR) is 117 cm³/mol. The molecular formula is C22H29BrN2O3. The van der Waals surface area contributed by atoms with E-state index in [-0.39, 0.29) is 12.5 Å². The summed E-state index contributed by atoms with van der Waals surface area (Å²) in [6, 6.07) is 11.4. The zero-order valence-corrected chi connectivity index (χ0v) is 18.6. The standard InChI is InChI=1S/C22H29BrN2O3/c1-15(2)11-12-24-13-18-19(23)9-10-20(27-4)22(18)28-14-21(26)25-17-7-5-16(3)6-8-17/h5-10,15,24H,11-14H2,1-4H3,(H,25,26). The maximum atomic E-state index is 12.3. The molecule has 152 valence electrons. The smallest absolute Gasteiger partial charge is 0.262 e. The van der Waals surface area contributed by atoms with Gasteiger partial charge in [-0.25, -0.2) is 0 Å². The summed E-state index contributed by atoms with van der Waals surface area (Å²) in [5.74, 6) is 1.60. The van der Waals surface area contributed by atoms with Gasteiger partial charge in [0.25, 0.3) is 5.91 Å². The lowest BCUT2D eigenvalue weighted by molar-refractivity contribution is -0.118. The minimum absolute atomic E-state index is 0.0975. The number of hydrogen-bond acceptors (Lipinski definition) is 4. The fraction of sp³-hybridized carbons (Fsp3) is 0.409. The summed E-state index contributed by atoms with van der Waals surface area (Å²) < 4.78 is 12.2. The van der Waals surface area contributed by atoms with E-state index in [4.69, 9.17) is 9.47 Å². The van der Waals surface area contributed by atoms with Crippen LogP contribution in [0.15, 0.2) is 40.9 Å². The Balaban J connectivity index is 2.04. The van der Waals surface area contributed by atoms with Crippen molar-refractivity contribution >= 4 is 27.5 Å². The molecule has 1 amide bonds. The second-order valence-electron chi connectivity index (χ2n) is 7.12. The number of methoxy groups -OCH3 is 1. The van der Waals surface area contributed by atoms with Gasteiger partial charge in [0.05, 0.1) is 7.11 Å². The van der Waals surface area contributed by atoms with Crippen molar-refractivity contribution in [2.75, 3.05) is 25.6 Å². The van der Waals surface area contributed by atoms with E-state index in [1.807, 2.05) is 43.3 Å². The molecule has 0 unspecified atom stereocenters. The highest BCUT2D eigenvalue weighted by molar-refractivity contribution is 9.10. The number of hydrogen-bond donors (Lipinski definition) is 2. The topological polar surface area (TPSA) is 59.6 Å². The fourth-order valence-corrected chi connectivity index (χ4v) is 3.09. The Labute approximate surface area is 175 Å². The van der Waals surface area contributed by atoms with Crippen molar-refractivity contribution in [3.05, 3.63) is 52.0 Å². The van der Waals surface area contributed by atoms with Gasteiger partial charge in [-0.15, -0.1) is 0 Å². The summed E-state index contributed by atoms with van der Waals surface area (Å²) in [7, 11) is 1.60. The number of ether oxygens (including phenoxy) is 2. The average Bonchev–Trinajstić information content (AvgIpc) is 2.66. The van der Waals surface area contributed by atoms with Gasteiger partial charge >= 0.3 is 0 Å². The third-order valence-corrected chi connectivity index (χ3v) is 5.01. The highest BCUT2D eigenvalue weighted by Gasteiger charge is 2.16. The molecule has 2 N–H and O–H groups in total. The van der Waals surface area contributed by atoms with E-state index >= 15 is 0 Å². The molecule has 0 spiro atoms. The lowest BCUT2D eigenvalue weighted by Crippen LogP contribution is -2.22. The molecule has 0 atom stereocenters. The van der Waals surface area contributed by atoms with E-state index in [1.54, 1.807) is 7.11 Å². The Kier molecular flexibility index (Phi) is 8.80. The van der Waals surface area contributed by atoms with E-state index < -0.39 is 0 Å². The van der Waals surface area contributed by atoms with Crippen molar-refractivity contribution in [2.24, 2.45) is 5.92 Å². The van der Waals surface area contributed by atoms with Crippen LogP contribution in [0.3, 0.4) is 0 Å². The van der Waals surface area contributed by atoms with Crippen molar-refractivity contribution in [1.29, 1.82) is 0 Å². The summed E-state index contributed by atoms with van der Waals surface area (Å²) in [6.45, 7) is 7.84. The van der Waals surface area contributed by atoms with Crippen LogP contribution in [0.2, 0.25) is 0 Å². The molecule has 0 radical (unpaired) electrons. The summed E-state index contributed by atoms with van der Waals surface area (Å²) in [4.78, 5) is 12.3. The second-order valence-corrected chi connectivity index (χ2v) is 7.97. The largest absolute Gasteiger partial charge is 0.493 e. The quantitative estimate of drug-likeness (QED) is 0.506. The van der Waals surface area contributed by atoms with Crippen LogP contribution in [0.1, 0.15) is 31.4 Å². The first-order valence-corrected chi connectivity index (χ1v) is 10.3. The zero-order chi connectivity index (χ0) is 20.5. The van der Waals surface area contributed by atoms with Crippen molar-refractivity contribution in [3.8, 4) is 11.5 Å². The third-order valence-electron chi connectivity index (χ3n) is 4.27. The number of halogens is 1. The van der Waals surface area contributed by atoms with Crippen LogP contribution < -0.4 is 20.1 Å². The van der Waals surface area contributed by atoms with Gasteiger partial charge in [-0.05, 0) is 50.1 Å². The fourth-order valence-electron chi connectivity index (χ4n) is 2.64. The molecule has 2 rings (SSSR count). The number of aryl methyl sites for hydroxylation is 1. The first-order chi connectivity index (χ1) is 13.4. The minimum atomic E-state index is -0.218. The normalized spacial score (nSPS) is 10.8. The molecule has 28 heavy (non-hydrogen) atoms. The van der Waals surface area contributed by atoms with Crippen LogP contribution in [-0.4, -0.2) is 26.2 Å². The van der Waals surface area contributed by atoms with Crippen molar-refractivity contribution in [2.45, 2.75) is 33.7 Å². The summed E-state index contributed by atoms with van der Waals surface area (Å²) >= 11 is 3.58. The lowest BCUT2D eigenvalue weighted by Gasteiger charge is -2.17. The SMILES string of the molecule is COc1ccc(Br)c(CNCCC(C)C)c1OCC(=O)Nc1ccc(C)cc1. The first-order valence-electron chi connectivity index (χ1n) is 9.46. The number of carbonyl (C=O) groups excluding carboxylic acids is 1. The summed E-state index contributed by atoms with van der Waals surface area (Å²) in [6.07, 6.45) is 1.09. The van der Waals surface area contributed by atoms with Crippen LogP contribution in [0.4, 0.5) is 5.69 Å². The Bertz CT molecular complexity index is 776. The van der Waals surface area contributed by atoms with Crippen molar-refractivity contribution in [3.63, 3.8) is 0 Å². The number of amides is 1. The highest BCUT2D eigenvalue weighted by atomic mass is 79.9. The van der Waals surface area contributed by atoms with Gasteiger partial charge in [-0.1, -0.05) is 47.5 Å². The molecule has 0 fully saturated rings. The second kappa shape index (κ2) is 11.1. The molecule has 0 aliphatic carbocycles. The van der Waals surface area contributed by atoms with Crippen LogP contribution in [-0.2, 0) is 11.3 Å². The number of rotatable bonds is 10. The molecule has 6 heteroatoms. The molecule has 0 aliphatic heterocycles. The van der Waals surface area contributed by atoms with Gasteiger partial charge < -0.3 is 20.1 Å². The van der Waals surface area contributed by atoms with Crippen LogP contribution in [0.25, 0.3) is 0 Å². The molecule has 2 aromatic rings. The molecule has 0 aliphatic rings. The molecule has 0 saturated heterocycles. The van der Waals surface area contributed by atoms with Crippen LogP contribution >= 0.6 is 15.9 Å². The van der Waals surface area contributed by atoms with E-state index in [0.717, 1.165) is 34.3 Å². The molecule has 0 heterocycles. The highest BCUT2D eigenvalue weighted by Crippen LogP contribution is 2.36. The predicted octanol–water partition coefficient (Wildman–Crippen LogP) is 4.92. The number of benzene rings is 2. The molecule has 2 aromatic carbocycles. The molecule has 5 nitrogen and oxygen atoms in total. The number of carbonyl (C=O) groups is 1. The van der Waals surface area contributed by atoms with E-state index in [9.17, 15) is 4.79 Å². The molecular weight excluding hydrogens is 420 g/mol. The molecule has 0 aromatic heterocycles. The Hall–Kier alpha value is -2.05. The molecule has 0 bridgehead atoms. The number of anilines is 1. The molecule has 0 saturated carbocycles. The Morgan fingerprint density at radius 3 is 2.50 bits per heavy atom. The first kappa shape index (κ1) is 22.2. The Morgan fingerprint density at radius 1 is 1.14 bits per heavy atom. The van der Waals surface area contributed by atoms with Crippen LogP contribution in [0, 0.1) is 12.8 Å².